The number of aromatic nitrogens is 3. The van der Waals surface area contributed by atoms with Crippen molar-refractivity contribution in [2.24, 2.45) is 10.8 Å². The van der Waals surface area contributed by atoms with Gasteiger partial charge in [0.05, 0.1) is 5.65 Å². The first-order chi connectivity index (χ1) is 19.8. The van der Waals surface area contributed by atoms with Crippen molar-refractivity contribution < 1.29 is 34.7 Å². The molecule has 0 bridgehead atoms. The summed E-state index contributed by atoms with van der Waals surface area (Å²) in [5, 5.41) is 13.2. The maximum absolute atomic E-state index is 12.2. The first-order valence-electron chi connectivity index (χ1n) is 15.1. The molecule has 0 fully saturated rings. The normalized spacial score (nSPS) is 13.0. The van der Waals surface area contributed by atoms with Crippen LogP contribution in [-0.4, -0.2) is 25.8 Å². The SMILES string of the molecule is CC(C)(C)c1ccc2c3c(nccc13)-c1[c-]c3cccnc3nc1O2.CCC(C)(CC)C(=O)/C=C(\O)C(C)(CC)CC.[Ir]. The molecule has 1 N–H and O–H groups in total. The Morgan fingerprint density at radius 1 is 0.907 bits per heavy atom. The summed E-state index contributed by atoms with van der Waals surface area (Å²) >= 11 is 0. The van der Waals surface area contributed by atoms with Crippen molar-refractivity contribution >= 4 is 27.6 Å². The van der Waals surface area contributed by atoms with Crippen LogP contribution >= 0.6 is 0 Å². The van der Waals surface area contributed by atoms with Crippen LogP contribution in [0.2, 0.25) is 0 Å². The average molecular weight is 759 g/mol. The van der Waals surface area contributed by atoms with Gasteiger partial charge in [-0.05, 0) is 59.7 Å². The van der Waals surface area contributed by atoms with E-state index in [-0.39, 0.29) is 47.9 Å². The van der Waals surface area contributed by atoms with E-state index < -0.39 is 0 Å². The van der Waals surface area contributed by atoms with E-state index in [1.807, 2.05) is 65.9 Å². The summed E-state index contributed by atoms with van der Waals surface area (Å²) in [5.74, 6) is 1.59. The number of aliphatic hydroxyl groups excluding tert-OH is 1. The van der Waals surface area contributed by atoms with Crippen molar-refractivity contribution in [3.8, 4) is 22.9 Å². The summed E-state index contributed by atoms with van der Waals surface area (Å²) in [6, 6.07) is 13.4. The van der Waals surface area contributed by atoms with Crippen LogP contribution in [0, 0.1) is 16.9 Å². The largest absolute Gasteiger partial charge is 0.512 e. The van der Waals surface area contributed by atoms with Gasteiger partial charge in [0, 0.05) is 60.5 Å². The third kappa shape index (κ3) is 6.68. The first kappa shape index (κ1) is 34.3. The third-order valence-electron chi connectivity index (χ3n) is 9.21. The number of pyridine rings is 3. The number of hydrogen-bond donors (Lipinski definition) is 1. The smallest absolute Gasteiger partial charge is 0.164 e. The molecule has 3 aromatic heterocycles. The molecule has 6 nitrogen and oxygen atoms in total. The third-order valence-corrected chi connectivity index (χ3v) is 9.21. The molecule has 4 heterocycles. The van der Waals surface area contributed by atoms with E-state index in [1.54, 1.807) is 6.20 Å². The van der Waals surface area contributed by atoms with Gasteiger partial charge in [-0.1, -0.05) is 79.8 Å². The number of fused-ring (bicyclic) bond motifs is 3. The van der Waals surface area contributed by atoms with Crippen molar-refractivity contribution in [3.05, 3.63) is 66.2 Å². The quantitative estimate of drug-likeness (QED) is 0.101. The molecule has 4 aromatic rings. The van der Waals surface area contributed by atoms with E-state index in [9.17, 15) is 9.90 Å². The van der Waals surface area contributed by atoms with Gasteiger partial charge in [-0.2, -0.15) is 0 Å². The number of rotatable bonds is 7. The van der Waals surface area contributed by atoms with Crippen molar-refractivity contribution in [1.29, 1.82) is 0 Å². The Morgan fingerprint density at radius 2 is 1.56 bits per heavy atom. The van der Waals surface area contributed by atoms with Crippen molar-refractivity contribution in [2.45, 2.75) is 93.4 Å². The summed E-state index contributed by atoms with van der Waals surface area (Å²) < 4.78 is 6.10. The first-order valence-corrected chi connectivity index (χ1v) is 15.1. The molecule has 0 saturated heterocycles. The second kappa shape index (κ2) is 13.2. The summed E-state index contributed by atoms with van der Waals surface area (Å²) in [6.45, 7) is 18.7. The summed E-state index contributed by atoms with van der Waals surface area (Å²) in [4.78, 5) is 25.7. The predicted octanol–water partition coefficient (Wildman–Crippen LogP) is 9.70. The number of nitrogens with zero attached hydrogens (tertiary/aromatic N) is 3. The van der Waals surface area contributed by atoms with E-state index in [0.29, 0.717) is 11.5 Å². The van der Waals surface area contributed by atoms with E-state index in [2.05, 4.69) is 53.9 Å². The number of aliphatic hydroxyl groups is 1. The van der Waals surface area contributed by atoms with Crippen LogP contribution in [-0.2, 0) is 30.3 Å². The van der Waals surface area contributed by atoms with E-state index >= 15 is 0 Å². The number of hydrogen-bond acceptors (Lipinski definition) is 6. The number of allylic oxidation sites excluding steroid dienone is 2. The van der Waals surface area contributed by atoms with Crippen molar-refractivity contribution in [2.75, 3.05) is 0 Å². The van der Waals surface area contributed by atoms with Gasteiger partial charge in [0.2, 0.25) is 0 Å². The fourth-order valence-corrected chi connectivity index (χ4v) is 5.14. The molecular formula is C36H44IrN3O3-. The Kier molecular flexibility index (Phi) is 10.6. The summed E-state index contributed by atoms with van der Waals surface area (Å²) in [5.41, 5.74) is 3.00. The van der Waals surface area contributed by atoms with Crippen LogP contribution in [0.15, 0.2) is 54.6 Å². The van der Waals surface area contributed by atoms with E-state index in [1.165, 1.54) is 17.0 Å². The molecule has 231 valence electrons. The van der Waals surface area contributed by atoms with E-state index in [4.69, 9.17) is 4.74 Å². The van der Waals surface area contributed by atoms with Gasteiger partial charge in [0.1, 0.15) is 11.5 Å². The fourth-order valence-electron chi connectivity index (χ4n) is 5.14. The molecule has 1 aromatic carbocycles. The molecule has 1 aliphatic rings. The molecule has 1 radical (unpaired) electrons. The number of ketones is 1. The van der Waals surface area contributed by atoms with Crippen LogP contribution in [0.25, 0.3) is 33.1 Å². The number of benzene rings is 1. The Morgan fingerprint density at radius 3 is 2.16 bits per heavy atom. The maximum Gasteiger partial charge on any atom is 0.164 e. The Hall–Kier alpha value is -3.15. The topological polar surface area (TPSA) is 85.2 Å². The summed E-state index contributed by atoms with van der Waals surface area (Å²) in [7, 11) is 0. The van der Waals surface area contributed by atoms with Crippen LogP contribution in [0.3, 0.4) is 0 Å². The zero-order chi connectivity index (χ0) is 30.9. The molecule has 0 aliphatic carbocycles. The minimum Gasteiger partial charge on any atom is -0.512 e. The molecule has 5 rings (SSSR count). The molecule has 43 heavy (non-hydrogen) atoms. The van der Waals surface area contributed by atoms with Gasteiger partial charge in [0.15, 0.2) is 11.7 Å². The molecule has 0 spiro atoms. The Labute approximate surface area is 269 Å². The second-order valence-corrected chi connectivity index (χ2v) is 12.8. The predicted molar refractivity (Wildman–Crippen MR) is 171 cm³/mol. The van der Waals surface area contributed by atoms with Gasteiger partial charge in [-0.15, -0.1) is 12.1 Å². The molecule has 0 atom stereocenters. The van der Waals surface area contributed by atoms with Gasteiger partial charge < -0.3 is 9.84 Å². The standard InChI is InChI=1S/C21H16N3O.C15H28O2.Ir/c1-21(2,3)15-6-7-16-17-13(15)8-10-22-18(17)14-11-12-5-4-9-23-19(12)24-20(14)25-16;1-7-14(5,8-2)12(16)11-13(17)15(6,9-3)10-4;/h4-10H,1-3H3;11,16H,7-10H2,1-6H3;/q-1;;/b;12-11-;. The molecular weight excluding hydrogens is 715 g/mol. The number of carbonyl (C=O) groups is 1. The maximum atomic E-state index is 12.2. The molecule has 0 unspecified atom stereocenters. The number of carbonyl (C=O) groups excluding carboxylic acids is 1. The van der Waals surface area contributed by atoms with Crippen molar-refractivity contribution in [1.82, 2.24) is 15.0 Å². The van der Waals surface area contributed by atoms with Crippen LogP contribution in [0.4, 0.5) is 0 Å². The van der Waals surface area contributed by atoms with Gasteiger partial charge in [-0.3, -0.25) is 19.7 Å². The minimum absolute atomic E-state index is 0. The molecule has 0 saturated carbocycles. The monoisotopic (exact) mass is 759 g/mol. The average Bonchev–Trinajstić information content (AvgIpc) is 2.99. The summed E-state index contributed by atoms with van der Waals surface area (Å²) in [6.07, 6.45) is 8.33. The van der Waals surface area contributed by atoms with Gasteiger partial charge >= 0.3 is 0 Å². The van der Waals surface area contributed by atoms with E-state index in [0.717, 1.165) is 53.5 Å². The number of ether oxygens (including phenoxy) is 1. The fraction of sp³-hybridized carbons (Fsp3) is 0.444. The van der Waals surface area contributed by atoms with Crippen LogP contribution in [0.1, 0.15) is 93.6 Å². The molecule has 7 heteroatoms. The van der Waals surface area contributed by atoms with Crippen LogP contribution in [0.5, 0.6) is 11.6 Å². The second-order valence-electron chi connectivity index (χ2n) is 12.8. The Bertz CT molecular complexity index is 1650. The molecule has 1 aliphatic heterocycles. The van der Waals surface area contributed by atoms with Gasteiger partial charge in [0.25, 0.3) is 0 Å². The van der Waals surface area contributed by atoms with Crippen molar-refractivity contribution in [3.63, 3.8) is 0 Å². The van der Waals surface area contributed by atoms with Crippen LogP contribution < -0.4 is 4.74 Å². The minimum atomic E-state index is -0.337. The Balaban J connectivity index is 0.000000250. The zero-order valence-corrected chi connectivity index (χ0v) is 29.3. The van der Waals surface area contributed by atoms with Gasteiger partial charge in [-0.25, -0.2) is 0 Å². The molecule has 0 amide bonds. The zero-order valence-electron chi connectivity index (χ0n) is 26.9.